The summed E-state index contributed by atoms with van der Waals surface area (Å²) in [6.45, 7) is 9.86. The number of carbonyl (C=O) groups is 1. The molecule has 0 N–H and O–H groups in total. The second-order valence-corrected chi connectivity index (χ2v) is 4.69. The Morgan fingerprint density at radius 3 is 2.40 bits per heavy atom. The van der Waals surface area contributed by atoms with Crippen LogP contribution in [0.3, 0.4) is 0 Å². The molecule has 1 aliphatic rings. The van der Waals surface area contributed by atoms with Gasteiger partial charge in [0.1, 0.15) is 12.9 Å². The summed E-state index contributed by atoms with van der Waals surface area (Å²) in [6.07, 6.45) is 1.01. The second-order valence-electron chi connectivity index (χ2n) is 4.69. The Morgan fingerprint density at radius 1 is 1.33 bits per heavy atom. The van der Waals surface area contributed by atoms with Crippen molar-refractivity contribution in [3.05, 3.63) is 0 Å². The van der Waals surface area contributed by atoms with E-state index in [1.807, 2.05) is 6.92 Å². The fourth-order valence-electron chi connectivity index (χ4n) is 1.98. The van der Waals surface area contributed by atoms with Gasteiger partial charge in [0.2, 0.25) is 0 Å². The molecule has 3 unspecified atom stereocenters. The Hall–Kier alpha value is -0.860. The highest BCUT2D eigenvalue weighted by molar-refractivity contribution is 5.83. The third-order valence-corrected chi connectivity index (χ3v) is 3.29. The molecule has 86 valence electrons. The van der Waals surface area contributed by atoms with E-state index in [1.165, 1.54) is 0 Å². The van der Waals surface area contributed by atoms with Gasteiger partial charge in [0, 0.05) is 11.8 Å². The summed E-state index contributed by atoms with van der Waals surface area (Å²) in [5.41, 5.74) is 0. The minimum absolute atomic E-state index is 0.0146. The number of rotatable bonds is 5. The lowest BCUT2D eigenvalue weighted by Gasteiger charge is -2.28. The van der Waals surface area contributed by atoms with Crippen LogP contribution >= 0.6 is 0 Å². The van der Waals surface area contributed by atoms with Crippen LogP contribution in [-0.2, 0) is 9.53 Å². The highest BCUT2D eigenvalue weighted by Crippen LogP contribution is 2.29. The van der Waals surface area contributed by atoms with E-state index in [4.69, 9.17) is 4.74 Å². The highest BCUT2D eigenvalue weighted by atomic mass is 16.5. The lowest BCUT2D eigenvalue weighted by atomic mass is 9.78. The maximum atomic E-state index is 10.9. The van der Waals surface area contributed by atoms with Gasteiger partial charge in [-0.2, -0.15) is 0 Å². The molecule has 0 aliphatic carbocycles. The SMILES string of the molecule is CC(C)C(C)C(C1=NCCO1)C(C)C=O. The number of aliphatic imine (C=N–C) groups is 1. The Balaban J connectivity index is 2.81. The number of hydrogen-bond acceptors (Lipinski definition) is 3. The zero-order valence-electron chi connectivity index (χ0n) is 10.1. The maximum absolute atomic E-state index is 10.9. The summed E-state index contributed by atoms with van der Waals surface area (Å²) in [6, 6.07) is 0. The van der Waals surface area contributed by atoms with Gasteiger partial charge in [-0.1, -0.05) is 27.7 Å². The molecule has 0 bridgehead atoms. The van der Waals surface area contributed by atoms with Gasteiger partial charge in [-0.3, -0.25) is 4.99 Å². The highest BCUT2D eigenvalue weighted by Gasteiger charge is 2.32. The molecule has 3 atom stereocenters. The van der Waals surface area contributed by atoms with Crippen molar-refractivity contribution in [1.82, 2.24) is 0 Å². The lowest BCUT2D eigenvalue weighted by Crippen LogP contribution is -2.32. The van der Waals surface area contributed by atoms with E-state index in [0.717, 1.165) is 18.7 Å². The monoisotopic (exact) mass is 211 g/mol. The molecule has 15 heavy (non-hydrogen) atoms. The minimum atomic E-state index is -0.0146. The standard InChI is InChI=1S/C12H21NO2/c1-8(2)10(4)11(9(3)7-14)12-13-5-6-15-12/h7-11H,5-6H2,1-4H3. The molecule has 1 rings (SSSR count). The topological polar surface area (TPSA) is 38.7 Å². The van der Waals surface area contributed by atoms with Crippen molar-refractivity contribution in [3.8, 4) is 0 Å². The first-order chi connectivity index (χ1) is 7.07. The zero-order valence-corrected chi connectivity index (χ0v) is 10.1. The summed E-state index contributed by atoms with van der Waals surface area (Å²) >= 11 is 0. The normalized spacial score (nSPS) is 21.8. The van der Waals surface area contributed by atoms with Crippen molar-refractivity contribution in [1.29, 1.82) is 0 Å². The fraction of sp³-hybridized carbons (Fsp3) is 0.833. The van der Waals surface area contributed by atoms with E-state index < -0.39 is 0 Å². The third-order valence-electron chi connectivity index (χ3n) is 3.29. The molecular weight excluding hydrogens is 190 g/mol. The van der Waals surface area contributed by atoms with Crippen molar-refractivity contribution in [2.24, 2.45) is 28.7 Å². The molecule has 0 aromatic carbocycles. The number of aldehydes is 1. The Kier molecular flexibility index (Phi) is 4.30. The Labute approximate surface area is 91.9 Å². The average Bonchev–Trinajstić information content (AvgIpc) is 2.70. The van der Waals surface area contributed by atoms with Crippen LogP contribution in [-0.4, -0.2) is 25.3 Å². The summed E-state index contributed by atoms with van der Waals surface area (Å²) in [7, 11) is 0. The van der Waals surface area contributed by atoms with Gasteiger partial charge >= 0.3 is 0 Å². The molecule has 1 aliphatic heterocycles. The van der Waals surface area contributed by atoms with E-state index in [9.17, 15) is 4.79 Å². The van der Waals surface area contributed by atoms with Crippen LogP contribution in [0, 0.1) is 23.7 Å². The Morgan fingerprint density at radius 2 is 2.00 bits per heavy atom. The Bertz CT molecular complexity index is 248. The van der Waals surface area contributed by atoms with E-state index in [-0.39, 0.29) is 11.8 Å². The van der Waals surface area contributed by atoms with Gasteiger partial charge in [-0.05, 0) is 11.8 Å². The summed E-state index contributed by atoms with van der Waals surface area (Å²) in [5.74, 6) is 1.87. The van der Waals surface area contributed by atoms with Gasteiger partial charge in [0.15, 0.2) is 5.90 Å². The van der Waals surface area contributed by atoms with E-state index in [2.05, 4.69) is 25.8 Å². The van der Waals surface area contributed by atoms with E-state index in [1.54, 1.807) is 0 Å². The van der Waals surface area contributed by atoms with Crippen LogP contribution in [0.1, 0.15) is 27.7 Å². The van der Waals surface area contributed by atoms with Crippen LogP contribution in [0.25, 0.3) is 0 Å². The molecule has 0 aromatic heterocycles. The van der Waals surface area contributed by atoms with Crippen molar-refractivity contribution >= 4 is 12.2 Å². The first-order valence-corrected chi connectivity index (χ1v) is 5.70. The first kappa shape index (κ1) is 12.2. The third kappa shape index (κ3) is 2.80. The molecule has 0 saturated carbocycles. The van der Waals surface area contributed by atoms with Gasteiger partial charge in [0.05, 0.1) is 6.54 Å². The molecular formula is C12H21NO2. The van der Waals surface area contributed by atoms with Crippen molar-refractivity contribution < 1.29 is 9.53 Å². The predicted octanol–water partition coefficient (Wildman–Crippen LogP) is 2.16. The smallest absolute Gasteiger partial charge is 0.187 e. The van der Waals surface area contributed by atoms with Crippen LogP contribution in [0.2, 0.25) is 0 Å². The fourth-order valence-corrected chi connectivity index (χ4v) is 1.98. The van der Waals surface area contributed by atoms with Gasteiger partial charge in [-0.15, -0.1) is 0 Å². The lowest BCUT2D eigenvalue weighted by molar-refractivity contribution is -0.112. The molecule has 0 aromatic rings. The number of carbonyl (C=O) groups excluding carboxylic acids is 1. The van der Waals surface area contributed by atoms with Crippen molar-refractivity contribution in [2.45, 2.75) is 27.7 Å². The quantitative estimate of drug-likeness (QED) is 0.654. The number of hydrogen-bond donors (Lipinski definition) is 0. The molecule has 0 amide bonds. The van der Waals surface area contributed by atoms with Crippen LogP contribution in [0.15, 0.2) is 4.99 Å². The number of ether oxygens (including phenoxy) is 1. The molecule has 1 heterocycles. The zero-order chi connectivity index (χ0) is 11.4. The maximum Gasteiger partial charge on any atom is 0.187 e. The molecule has 3 nitrogen and oxygen atoms in total. The van der Waals surface area contributed by atoms with Crippen LogP contribution in [0.4, 0.5) is 0 Å². The average molecular weight is 211 g/mol. The second kappa shape index (κ2) is 5.29. The summed E-state index contributed by atoms with van der Waals surface area (Å²) < 4.78 is 5.50. The van der Waals surface area contributed by atoms with Gasteiger partial charge in [-0.25, -0.2) is 0 Å². The summed E-state index contributed by atoms with van der Waals surface area (Å²) in [5, 5.41) is 0. The molecule has 0 spiro atoms. The van der Waals surface area contributed by atoms with E-state index >= 15 is 0 Å². The van der Waals surface area contributed by atoms with Gasteiger partial charge in [0.25, 0.3) is 0 Å². The first-order valence-electron chi connectivity index (χ1n) is 5.70. The predicted molar refractivity (Wildman–Crippen MR) is 61.0 cm³/mol. The van der Waals surface area contributed by atoms with Crippen LogP contribution in [0.5, 0.6) is 0 Å². The van der Waals surface area contributed by atoms with Gasteiger partial charge < -0.3 is 9.53 Å². The molecule has 0 radical (unpaired) electrons. The molecule has 0 fully saturated rings. The largest absolute Gasteiger partial charge is 0.479 e. The van der Waals surface area contributed by atoms with Crippen molar-refractivity contribution in [2.75, 3.05) is 13.2 Å². The number of nitrogens with zero attached hydrogens (tertiary/aromatic N) is 1. The molecule has 0 saturated heterocycles. The minimum Gasteiger partial charge on any atom is -0.479 e. The molecule has 3 heteroatoms. The summed E-state index contributed by atoms with van der Waals surface area (Å²) in [4.78, 5) is 15.3. The van der Waals surface area contributed by atoms with Crippen LogP contribution < -0.4 is 0 Å². The van der Waals surface area contributed by atoms with Crippen molar-refractivity contribution in [3.63, 3.8) is 0 Å². The van der Waals surface area contributed by atoms with E-state index in [0.29, 0.717) is 18.4 Å².